The quantitative estimate of drug-likeness (QED) is 0.846. The van der Waals surface area contributed by atoms with E-state index in [9.17, 15) is 4.79 Å². The Morgan fingerprint density at radius 1 is 1.16 bits per heavy atom. The van der Waals surface area contributed by atoms with Gasteiger partial charge in [-0.1, -0.05) is 6.07 Å². The summed E-state index contributed by atoms with van der Waals surface area (Å²) < 4.78 is 0. The lowest BCUT2D eigenvalue weighted by Crippen LogP contribution is -2.45. The fourth-order valence-corrected chi connectivity index (χ4v) is 4.24. The van der Waals surface area contributed by atoms with Crippen LogP contribution in [0.1, 0.15) is 35.2 Å². The Balaban J connectivity index is 1.48. The highest BCUT2D eigenvalue weighted by Gasteiger charge is 2.43. The van der Waals surface area contributed by atoms with Gasteiger partial charge in [0.2, 0.25) is 0 Å². The molecule has 1 amide bonds. The molecule has 0 radical (unpaired) electrons. The number of likely N-dealkylation sites (tertiary alicyclic amines) is 1. The fraction of sp³-hybridized carbons (Fsp3) is 0.450. The molecule has 2 saturated heterocycles. The molecule has 1 unspecified atom stereocenters. The van der Waals surface area contributed by atoms with Crippen molar-refractivity contribution in [3.05, 3.63) is 54.0 Å². The van der Waals surface area contributed by atoms with Crippen LogP contribution in [0, 0.1) is 12.3 Å². The summed E-state index contributed by atoms with van der Waals surface area (Å²) in [5, 5.41) is 0. The first-order valence-corrected chi connectivity index (χ1v) is 9.02. The van der Waals surface area contributed by atoms with E-state index in [1.165, 1.54) is 6.42 Å². The molecule has 0 saturated carbocycles. The smallest absolute Gasteiger partial charge is 0.255 e. The van der Waals surface area contributed by atoms with Gasteiger partial charge < -0.3 is 9.80 Å². The maximum Gasteiger partial charge on any atom is 0.255 e. The first-order valence-electron chi connectivity index (χ1n) is 9.02. The first kappa shape index (κ1) is 16.1. The molecule has 1 spiro atoms. The van der Waals surface area contributed by atoms with Crippen molar-refractivity contribution in [1.82, 2.24) is 14.9 Å². The summed E-state index contributed by atoms with van der Waals surface area (Å²) in [4.78, 5) is 25.9. The minimum absolute atomic E-state index is 0.114. The number of amides is 1. The Kier molecular flexibility index (Phi) is 4.15. The van der Waals surface area contributed by atoms with Crippen molar-refractivity contribution in [2.45, 2.75) is 26.2 Å². The number of piperidine rings is 1. The molecular weight excluding hydrogens is 312 g/mol. The zero-order valence-corrected chi connectivity index (χ0v) is 14.7. The van der Waals surface area contributed by atoms with Crippen molar-refractivity contribution in [3.63, 3.8) is 0 Å². The molecule has 1 atom stereocenters. The van der Waals surface area contributed by atoms with E-state index >= 15 is 0 Å². The van der Waals surface area contributed by atoms with Crippen molar-refractivity contribution in [2.24, 2.45) is 5.41 Å². The highest BCUT2D eigenvalue weighted by atomic mass is 16.2. The van der Waals surface area contributed by atoms with E-state index in [0.29, 0.717) is 5.56 Å². The summed E-state index contributed by atoms with van der Waals surface area (Å²) in [6.07, 6.45) is 8.74. The zero-order valence-electron chi connectivity index (χ0n) is 14.7. The molecule has 2 aliphatic heterocycles. The number of aryl methyl sites for hydroxylation is 1. The van der Waals surface area contributed by atoms with Crippen molar-refractivity contribution in [2.75, 3.05) is 31.1 Å². The first-order chi connectivity index (χ1) is 12.2. The minimum atomic E-state index is 0.114. The summed E-state index contributed by atoms with van der Waals surface area (Å²) in [6, 6.07) is 8.00. The zero-order chi connectivity index (χ0) is 17.3. The van der Waals surface area contributed by atoms with Gasteiger partial charge in [-0.25, -0.2) is 4.98 Å². The predicted molar refractivity (Wildman–Crippen MR) is 97.6 cm³/mol. The van der Waals surface area contributed by atoms with Gasteiger partial charge in [0.1, 0.15) is 5.82 Å². The predicted octanol–water partition coefficient (Wildman–Crippen LogP) is 2.92. The molecule has 0 aliphatic carbocycles. The van der Waals surface area contributed by atoms with Gasteiger partial charge >= 0.3 is 0 Å². The number of nitrogens with zero attached hydrogens (tertiary/aromatic N) is 4. The van der Waals surface area contributed by atoms with E-state index < -0.39 is 0 Å². The van der Waals surface area contributed by atoms with Gasteiger partial charge in [-0.2, -0.15) is 0 Å². The Morgan fingerprint density at radius 2 is 2.08 bits per heavy atom. The van der Waals surface area contributed by atoms with E-state index in [1.54, 1.807) is 12.4 Å². The summed E-state index contributed by atoms with van der Waals surface area (Å²) in [5.74, 6) is 1.16. The Labute approximate surface area is 148 Å². The molecule has 25 heavy (non-hydrogen) atoms. The van der Waals surface area contributed by atoms with Gasteiger partial charge in [0.05, 0.1) is 5.56 Å². The summed E-state index contributed by atoms with van der Waals surface area (Å²) in [7, 11) is 0. The van der Waals surface area contributed by atoms with E-state index in [1.807, 2.05) is 36.2 Å². The number of aromatic nitrogens is 2. The SMILES string of the molecule is Cc1cncc(C(=O)N2CCC3(CCCN(c4ccccn4)C3)C2)c1. The molecule has 0 N–H and O–H groups in total. The van der Waals surface area contributed by atoms with Crippen LogP contribution in [-0.2, 0) is 0 Å². The van der Waals surface area contributed by atoms with Gasteiger partial charge in [0, 0.05) is 50.2 Å². The highest BCUT2D eigenvalue weighted by Crippen LogP contribution is 2.40. The molecular formula is C20H24N4O. The largest absolute Gasteiger partial charge is 0.356 e. The van der Waals surface area contributed by atoms with E-state index in [4.69, 9.17) is 0 Å². The van der Waals surface area contributed by atoms with Crippen molar-refractivity contribution in [1.29, 1.82) is 0 Å². The molecule has 4 rings (SSSR count). The Bertz CT molecular complexity index is 763. The van der Waals surface area contributed by atoms with Crippen LogP contribution in [0.2, 0.25) is 0 Å². The van der Waals surface area contributed by atoms with Crippen LogP contribution in [0.25, 0.3) is 0 Å². The topological polar surface area (TPSA) is 49.3 Å². The average Bonchev–Trinajstić information content (AvgIpc) is 3.05. The second kappa shape index (κ2) is 6.47. The summed E-state index contributed by atoms with van der Waals surface area (Å²) >= 11 is 0. The second-order valence-corrected chi connectivity index (χ2v) is 7.44. The Hall–Kier alpha value is -2.43. The number of hydrogen-bond acceptors (Lipinski definition) is 4. The summed E-state index contributed by atoms with van der Waals surface area (Å²) in [6.45, 7) is 5.68. The minimum Gasteiger partial charge on any atom is -0.356 e. The number of anilines is 1. The van der Waals surface area contributed by atoms with Gasteiger partial charge in [-0.15, -0.1) is 0 Å². The number of hydrogen-bond donors (Lipinski definition) is 0. The Morgan fingerprint density at radius 3 is 2.88 bits per heavy atom. The van der Waals surface area contributed by atoms with Gasteiger partial charge in [-0.05, 0) is 49.9 Å². The molecule has 5 nitrogen and oxygen atoms in total. The van der Waals surface area contributed by atoms with Gasteiger partial charge in [0.15, 0.2) is 0 Å². The molecule has 4 heterocycles. The highest BCUT2D eigenvalue weighted by molar-refractivity contribution is 5.94. The molecule has 2 aromatic heterocycles. The molecule has 130 valence electrons. The van der Waals surface area contributed by atoms with Crippen molar-refractivity contribution >= 4 is 11.7 Å². The van der Waals surface area contributed by atoms with Crippen LogP contribution in [0.4, 0.5) is 5.82 Å². The van der Waals surface area contributed by atoms with Crippen LogP contribution in [0.3, 0.4) is 0 Å². The van der Waals surface area contributed by atoms with E-state index in [2.05, 4.69) is 20.9 Å². The number of carbonyl (C=O) groups is 1. The van der Waals surface area contributed by atoms with E-state index in [-0.39, 0.29) is 11.3 Å². The number of pyridine rings is 2. The average molecular weight is 336 g/mol. The third kappa shape index (κ3) is 3.23. The van der Waals surface area contributed by atoms with Crippen LogP contribution < -0.4 is 4.90 Å². The standard InChI is InChI=1S/C20H24N4O/c1-16-11-17(13-21-12-16)19(25)24-10-7-20(15-24)6-4-9-23(14-20)18-5-2-3-8-22-18/h2-3,5,8,11-13H,4,6-7,9-10,14-15H2,1H3. The lowest BCUT2D eigenvalue weighted by atomic mass is 9.79. The molecule has 0 bridgehead atoms. The third-order valence-electron chi connectivity index (χ3n) is 5.48. The van der Waals surface area contributed by atoms with Crippen LogP contribution in [-0.4, -0.2) is 47.0 Å². The molecule has 2 aromatic rings. The maximum absolute atomic E-state index is 12.8. The lowest BCUT2D eigenvalue weighted by molar-refractivity contribution is 0.0767. The molecule has 2 aliphatic rings. The lowest BCUT2D eigenvalue weighted by Gasteiger charge is -2.41. The van der Waals surface area contributed by atoms with Gasteiger partial charge in [0.25, 0.3) is 5.91 Å². The molecule has 5 heteroatoms. The number of carbonyl (C=O) groups excluding carboxylic acids is 1. The maximum atomic E-state index is 12.8. The monoisotopic (exact) mass is 336 g/mol. The summed E-state index contributed by atoms with van der Waals surface area (Å²) in [5.41, 5.74) is 1.93. The van der Waals surface area contributed by atoms with Crippen LogP contribution in [0.15, 0.2) is 42.9 Å². The van der Waals surface area contributed by atoms with Crippen molar-refractivity contribution in [3.8, 4) is 0 Å². The van der Waals surface area contributed by atoms with Crippen LogP contribution in [0.5, 0.6) is 0 Å². The molecule has 0 aromatic carbocycles. The fourth-order valence-electron chi connectivity index (χ4n) is 4.24. The van der Waals surface area contributed by atoms with E-state index in [0.717, 1.165) is 50.4 Å². The third-order valence-corrected chi connectivity index (χ3v) is 5.48. The normalized spacial score (nSPS) is 23.2. The number of rotatable bonds is 2. The van der Waals surface area contributed by atoms with Gasteiger partial charge in [-0.3, -0.25) is 9.78 Å². The second-order valence-electron chi connectivity index (χ2n) is 7.44. The molecule has 2 fully saturated rings. The van der Waals surface area contributed by atoms with Crippen LogP contribution >= 0.6 is 0 Å². The van der Waals surface area contributed by atoms with Crippen molar-refractivity contribution < 1.29 is 4.79 Å².